The van der Waals surface area contributed by atoms with E-state index in [0.29, 0.717) is 0 Å². The van der Waals surface area contributed by atoms with Crippen LogP contribution in [0.3, 0.4) is 0 Å². The van der Waals surface area contributed by atoms with E-state index in [9.17, 15) is 4.79 Å². The van der Waals surface area contributed by atoms with E-state index in [0.717, 1.165) is 38.6 Å². The third-order valence-corrected chi connectivity index (χ3v) is 3.53. The summed E-state index contributed by atoms with van der Waals surface area (Å²) in [6.45, 7) is 5.01. The molecule has 0 aromatic rings. The van der Waals surface area contributed by atoms with E-state index in [1.165, 1.54) is 0 Å². The first-order valence-corrected chi connectivity index (χ1v) is 6.74. The summed E-state index contributed by atoms with van der Waals surface area (Å²) in [5.41, 5.74) is 0. The lowest BCUT2D eigenvalue weighted by atomic mass is 10.0. The van der Waals surface area contributed by atoms with Crippen molar-refractivity contribution in [1.82, 2.24) is 5.32 Å². The van der Waals surface area contributed by atoms with Crippen LogP contribution in [0.25, 0.3) is 0 Å². The van der Waals surface area contributed by atoms with Crippen molar-refractivity contribution in [1.29, 1.82) is 0 Å². The highest BCUT2D eigenvalue weighted by Gasteiger charge is 2.30. The average molecular weight is 241 g/mol. The monoisotopic (exact) mass is 241 g/mol. The first kappa shape index (κ1) is 12.8. The number of carbonyl (C=O) groups excluding carboxylic acids is 1. The van der Waals surface area contributed by atoms with Crippen molar-refractivity contribution in [2.45, 2.75) is 70.3 Å². The molecule has 2 rings (SSSR count). The van der Waals surface area contributed by atoms with Crippen LogP contribution in [-0.2, 0) is 14.3 Å². The Balaban J connectivity index is 1.80. The van der Waals surface area contributed by atoms with Crippen LogP contribution in [0.2, 0.25) is 0 Å². The zero-order chi connectivity index (χ0) is 12.3. The summed E-state index contributed by atoms with van der Waals surface area (Å²) >= 11 is 0. The number of hydrogen-bond acceptors (Lipinski definition) is 4. The van der Waals surface area contributed by atoms with Crippen LogP contribution in [0.15, 0.2) is 0 Å². The van der Waals surface area contributed by atoms with Crippen molar-refractivity contribution in [3.63, 3.8) is 0 Å². The Bertz CT molecular complexity index is 253. The molecule has 2 saturated heterocycles. The molecule has 0 bridgehead atoms. The smallest absolute Gasteiger partial charge is 0.323 e. The molecule has 0 saturated carbocycles. The zero-order valence-electron chi connectivity index (χ0n) is 10.8. The van der Waals surface area contributed by atoms with Gasteiger partial charge in [-0.15, -0.1) is 0 Å². The zero-order valence-corrected chi connectivity index (χ0v) is 10.8. The van der Waals surface area contributed by atoms with E-state index in [4.69, 9.17) is 9.47 Å². The lowest BCUT2D eigenvalue weighted by Gasteiger charge is -2.33. The Morgan fingerprint density at radius 1 is 1.24 bits per heavy atom. The summed E-state index contributed by atoms with van der Waals surface area (Å²) in [6, 6.07) is -0.0859. The molecule has 2 fully saturated rings. The van der Waals surface area contributed by atoms with Crippen LogP contribution in [0.5, 0.6) is 0 Å². The highest BCUT2D eigenvalue weighted by atomic mass is 16.6. The van der Waals surface area contributed by atoms with Crippen molar-refractivity contribution in [2.24, 2.45) is 0 Å². The van der Waals surface area contributed by atoms with Crippen molar-refractivity contribution < 1.29 is 14.3 Å². The van der Waals surface area contributed by atoms with Crippen LogP contribution in [0.1, 0.15) is 46.0 Å². The molecule has 2 heterocycles. The molecule has 0 aliphatic carbocycles. The van der Waals surface area contributed by atoms with E-state index in [1.54, 1.807) is 0 Å². The summed E-state index contributed by atoms with van der Waals surface area (Å²) in [4.78, 5) is 12.0. The van der Waals surface area contributed by atoms with Crippen molar-refractivity contribution in [3.05, 3.63) is 0 Å². The SMILES string of the molecule is CC1CC(OC(=O)[C@@H]2CCCCN2)CC(C)O1. The number of nitrogens with one attached hydrogen (secondary N) is 1. The maximum absolute atomic E-state index is 12.0. The van der Waals surface area contributed by atoms with Crippen LogP contribution in [0.4, 0.5) is 0 Å². The molecule has 4 heteroatoms. The van der Waals surface area contributed by atoms with Gasteiger partial charge in [0, 0.05) is 12.8 Å². The van der Waals surface area contributed by atoms with Gasteiger partial charge < -0.3 is 14.8 Å². The topological polar surface area (TPSA) is 47.6 Å². The second kappa shape index (κ2) is 5.83. The van der Waals surface area contributed by atoms with E-state index < -0.39 is 0 Å². The Kier molecular flexibility index (Phi) is 4.40. The summed E-state index contributed by atoms with van der Waals surface area (Å²) in [6.07, 6.45) is 5.25. The largest absolute Gasteiger partial charge is 0.461 e. The summed E-state index contributed by atoms with van der Waals surface area (Å²) in [7, 11) is 0. The molecule has 2 unspecified atom stereocenters. The lowest BCUT2D eigenvalue weighted by Crippen LogP contribution is -2.44. The fourth-order valence-electron chi connectivity index (χ4n) is 2.74. The molecule has 2 aliphatic heterocycles. The van der Waals surface area contributed by atoms with Crippen molar-refractivity contribution in [2.75, 3.05) is 6.54 Å². The van der Waals surface area contributed by atoms with E-state index >= 15 is 0 Å². The van der Waals surface area contributed by atoms with Gasteiger partial charge in [-0.1, -0.05) is 6.42 Å². The molecule has 17 heavy (non-hydrogen) atoms. The van der Waals surface area contributed by atoms with E-state index in [-0.39, 0.29) is 30.3 Å². The number of piperidine rings is 1. The first-order chi connectivity index (χ1) is 8.15. The molecule has 2 aliphatic rings. The highest BCUT2D eigenvalue weighted by molar-refractivity contribution is 5.76. The molecular weight excluding hydrogens is 218 g/mol. The van der Waals surface area contributed by atoms with Crippen LogP contribution >= 0.6 is 0 Å². The fraction of sp³-hybridized carbons (Fsp3) is 0.923. The molecule has 3 atom stereocenters. The van der Waals surface area contributed by atoms with E-state index in [2.05, 4.69) is 5.32 Å². The second-order valence-corrected chi connectivity index (χ2v) is 5.29. The first-order valence-electron chi connectivity index (χ1n) is 6.74. The molecule has 0 spiro atoms. The quantitative estimate of drug-likeness (QED) is 0.746. The molecule has 4 nitrogen and oxygen atoms in total. The van der Waals surface area contributed by atoms with E-state index in [1.807, 2.05) is 13.8 Å². The van der Waals surface area contributed by atoms with Crippen LogP contribution < -0.4 is 5.32 Å². The molecule has 0 radical (unpaired) electrons. The summed E-state index contributed by atoms with van der Waals surface area (Å²) < 4.78 is 11.2. The molecular formula is C13H23NO3. The molecule has 0 aromatic carbocycles. The predicted molar refractivity (Wildman–Crippen MR) is 64.8 cm³/mol. The number of hydrogen-bond donors (Lipinski definition) is 1. The summed E-state index contributed by atoms with van der Waals surface area (Å²) in [5.74, 6) is -0.0731. The van der Waals surface area contributed by atoms with Gasteiger partial charge >= 0.3 is 5.97 Å². The standard InChI is InChI=1S/C13H23NO3/c1-9-7-11(8-10(2)16-9)17-13(15)12-5-3-4-6-14-12/h9-12,14H,3-8H2,1-2H3/t9?,10?,11?,12-/m0/s1. The number of rotatable bonds is 2. The van der Waals surface area contributed by atoms with Gasteiger partial charge in [-0.25, -0.2) is 0 Å². The molecule has 0 aromatic heterocycles. The third kappa shape index (κ3) is 3.68. The third-order valence-electron chi connectivity index (χ3n) is 3.53. The highest BCUT2D eigenvalue weighted by Crippen LogP contribution is 2.22. The minimum absolute atomic E-state index is 0.0324. The van der Waals surface area contributed by atoms with Gasteiger partial charge in [-0.3, -0.25) is 4.79 Å². The number of esters is 1. The maximum atomic E-state index is 12.0. The van der Waals surface area contributed by atoms with Gasteiger partial charge in [0.1, 0.15) is 12.1 Å². The summed E-state index contributed by atoms with van der Waals surface area (Å²) in [5, 5.41) is 3.23. The minimum atomic E-state index is -0.0859. The van der Waals surface area contributed by atoms with Gasteiger partial charge in [0.05, 0.1) is 12.2 Å². The maximum Gasteiger partial charge on any atom is 0.323 e. The van der Waals surface area contributed by atoms with Crippen LogP contribution in [0, 0.1) is 0 Å². The van der Waals surface area contributed by atoms with Gasteiger partial charge in [0.2, 0.25) is 0 Å². The van der Waals surface area contributed by atoms with Gasteiger partial charge in [0.25, 0.3) is 0 Å². The Labute approximate surface area is 103 Å². The fourth-order valence-corrected chi connectivity index (χ4v) is 2.74. The average Bonchev–Trinajstić information content (AvgIpc) is 2.28. The van der Waals surface area contributed by atoms with Crippen molar-refractivity contribution in [3.8, 4) is 0 Å². The normalized spacial score (nSPS) is 38.7. The molecule has 1 N–H and O–H groups in total. The van der Waals surface area contributed by atoms with Gasteiger partial charge in [-0.05, 0) is 33.2 Å². The molecule has 0 amide bonds. The molecule has 98 valence electrons. The minimum Gasteiger partial charge on any atom is -0.461 e. The Hall–Kier alpha value is -0.610. The van der Waals surface area contributed by atoms with Gasteiger partial charge in [0.15, 0.2) is 0 Å². The van der Waals surface area contributed by atoms with Crippen molar-refractivity contribution >= 4 is 5.97 Å². The van der Waals surface area contributed by atoms with Crippen LogP contribution in [-0.4, -0.2) is 36.9 Å². The second-order valence-electron chi connectivity index (χ2n) is 5.29. The Morgan fingerprint density at radius 2 is 1.94 bits per heavy atom. The predicted octanol–water partition coefficient (Wildman–Crippen LogP) is 1.63. The number of carbonyl (C=O) groups is 1. The van der Waals surface area contributed by atoms with Gasteiger partial charge in [-0.2, -0.15) is 0 Å². The Morgan fingerprint density at radius 3 is 2.53 bits per heavy atom. The lowest BCUT2D eigenvalue weighted by molar-refractivity contribution is -0.162. The number of ether oxygens (including phenoxy) is 2.